The predicted molar refractivity (Wildman–Crippen MR) is 151 cm³/mol. The van der Waals surface area contributed by atoms with Crippen molar-refractivity contribution in [2.45, 2.75) is 6.92 Å². The van der Waals surface area contributed by atoms with Crippen LogP contribution in [0.5, 0.6) is 11.5 Å². The number of hydrogen-bond donors (Lipinski definition) is 2. The molecule has 0 aliphatic rings. The second kappa shape index (κ2) is 14.0. The number of esters is 1. The van der Waals surface area contributed by atoms with Crippen LogP contribution in [0.15, 0.2) is 70.7 Å². The molecule has 0 saturated carbocycles. The summed E-state index contributed by atoms with van der Waals surface area (Å²) in [7, 11) is 1.27. The molecule has 0 heterocycles. The number of para-hydroxylation sites is 1. The monoisotopic (exact) mass is 611 g/mol. The number of benzene rings is 3. The lowest BCUT2D eigenvalue weighted by Crippen LogP contribution is -2.20. The van der Waals surface area contributed by atoms with Gasteiger partial charge in [-0.1, -0.05) is 23.7 Å². The van der Waals surface area contributed by atoms with Crippen LogP contribution < -0.4 is 20.1 Å². The number of rotatable bonds is 10. The average molecular weight is 613 g/mol. The van der Waals surface area contributed by atoms with Gasteiger partial charge in [0, 0.05) is 5.69 Å². The highest BCUT2D eigenvalue weighted by atomic mass is 79.9. The number of carbonyl (C=O) groups excluding carboxylic acids is 3. The fraction of sp³-hybridized carbons (Fsp3) is 0.143. The summed E-state index contributed by atoms with van der Waals surface area (Å²) in [5.41, 5.74) is 1.48. The molecule has 0 aliphatic carbocycles. The molecule has 39 heavy (non-hydrogen) atoms. The van der Waals surface area contributed by atoms with Crippen LogP contribution in [-0.4, -0.2) is 38.1 Å². The highest BCUT2D eigenvalue weighted by Gasteiger charge is 2.16. The van der Waals surface area contributed by atoms with Gasteiger partial charge < -0.3 is 24.8 Å². The summed E-state index contributed by atoms with van der Waals surface area (Å²) < 4.78 is 16.5. The Bertz CT molecular complexity index is 1450. The molecular weight excluding hydrogens is 590 g/mol. The van der Waals surface area contributed by atoms with E-state index in [4.69, 9.17) is 21.1 Å². The number of nitrogens with one attached hydrogen (secondary N) is 2. The third kappa shape index (κ3) is 8.07. The van der Waals surface area contributed by atoms with Gasteiger partial charge in [-0.3, -0.25) is 9.59 Å². The van der Waals surface area contributed by atoms with E-state index in [1.807, 2.05) is 6.07 Å². The highest BCUT2D eigenvalue weighted by molar-refractivity contribution is 9.10. The number of halogens is 2. The maximum atomic E-state index is 12.7. The summed E-state index contributed by atoms with van der Waals surface area (Å²) in [6.45, 7) is 1.76. The molecule has 200 valence electrons. The molecule has 0 aromatic heterocycles. The van der Waals surface area contributed by atoms with Gasteiger partial charge in [0.2, 0.25) is 0 Å². The van der Waals surface area contributed by atoms with E-state index < -0.39 is 17.8 Å². The van der Waals surface area contributed by atoms with Crippen molar-refractivity contribution in [1.29, 1.82) is 5.26 Å². The smallest absolute Gasteiger partial charge is 0.337 e. The van der Waals surface area contributed by atoms with Crippen molar-refractivity contribution >= 4 is 62.8 Å². The van der Waals surface area contributed by atoms with E-state index in [1.165, 1.54) is 37.5 Å². The average Bonchev–Trinajstić information content (AvgIpc) is 2.92. The maximum Gasteiger partial charge on any atom is 0.337 e. The molecule has 11 heteroatoms. The van der Waals surface area contributed by atoms with Gasteiger partial charge in [-0.2, -0.15) is 5.26 Å². The van der Waals surface area contributed by atoms with Crippen molar-refractivity contribution in [3.63, 3.8) is 0 Å². The Balaban J connectivity index is 1.76. The summed E-state index contributed by atoms with van der Waals surface area (Å²) in [5.74, 6) is -0.995. The predicted octanol–water partition coefficient (Wildman–Crippen LogP) is 5.85. The zero-order valence-electron chi connectivity index (χ0n) is 20.9. The van der Waals surface area contributed by atoms with Gasteiger partial charge in [-0.05, 0) is 83.0 Å². The molecule has 2 N–H and O–H groups in total. The van der Waals surface area contributed by atoms with E-state index in [-0.39, 0.29) is 17.9 Å². The van der Waals surface area contributed by atoms with Gasteiger partial charge in [0.15, 0.2) is 18.1 Å². The molecule has 0 saturated heterocycles. The van der Waals surface area contributed by atoms with Gasteiger partial charge in [0.05, 0.1) is 34.5 Å². The molecule has 0 aliphatic heterocycles. The van der Waals surface area contributed by atoms with Gasteiger partial charge in [-0.25, -0.2) is 4.79 Å². The summed E-state index contributed by atoms with van der Waals surface area (Å²) in [6, 6.07) is 18.0. The Morgan fingerprint density at radius 3 is 2.41 bits per heavy atom. The van der Waals surface area contributed by atoms with Crippen molar-refractivity contribution in [3.05, 3.63) is 86.9 Å². The molecule has 9 nitrogen and oxygen atoms in total. The number of anilines is 2. The summed E-state index contributed by atoms with van der Waals surface area (Å²) in [4.78, 5) is 36.7. The highest BCUT2D eigenvalue weighted by Crippen LogP contribution is 2.37. The van der Waals surface area contributed by atoms with E-state index in [0.29, 0.717) is 44.4 Å². The number of nitriles is 1. The third-order valence-corrected chi connectivity index (χ3v) is 5.99. The number of hydrogen-bond acceptors (Lipinski definition) is 7. The number of amides is 2. The van der Waals surface area contributed by atoms with Crippen LogP contribution in [-0.2, 0) is 14.3 Å². The first kappa shape index (κ1) is 29.2. The van der Waals surface area contributed by atoms with Gasteiger partial charge in [-0.15, -0.1) is 0 Å². The molecule has 3 rings (SSSR count). The van der Waals surface area contributed by atoms with Crippen LogP contribution in [0.2, 0.25) is 5.02 Å². The van der Waals surface area contributed by atoms with E-state index in [0.717, 1.165) is 0 Å². The zero-order valence-corrected chi connectivity index (χ0v) is 23.3. The Kier molecular flexibility index (Phi) is 10.5. The van der Waals surface area contributed by atoms with Gasteiger partial charge in [0.25, 0.3) is 11.8 Å². The molecular formula is C28H23BrClN3O6. The standard InChI is InChI=1S/C28H23BrClN3O6/c1-3-38-24-14-17(12-19(15-31)27(35)32-20-10-8-18(9-11-20)28(36)37-2)13-21(29)26(24)39-16-25(34)33-23-7-5-4-6-22(23)30/h4-14H,3,16H2,1-2H3,(H,32,35)(H,33,34)/b19-12-. The maximum absolute atomic E-state index is 12.7. The van der Waals surface area contributed by atoms with Gasteiger partial charge in [0.1, 0.15) is 11.6 Å². The SMILES string of the molecule is CCOc1cc(/C=C(/C#N)C(=O)Nc2ccc(C(=O)OC)cc2)cc(Br)c1OCC(=O)Nc1ccccc1Cl. The molecule has 0 bridgehead atoms. The van der Waals surface area contributed by atoms with Crippen molar-refractivity contribution in [2.75, 3.05) is 31.0 Å². The lowest BCUT2D eigenvalue weighted by Gasteiger charge is -2.15. The summed E-state index contributed by atoms with van der Waals surface area (Å²) in [6.07, 6.45) is 1.39. The normalized spacial score (nSPS) is 10.7. The van der Waals surface area contributed by atoms with Crippen LogP contribution in [0.3, 0.4) is 0 Å². The number of nitrogens with zero attached hydrogens (tertiary/aromatic N) is 1. The summed E-state index contributed by atoms with van der Waals surface area (Å²) in [5, 5.41) is 15.3. The van der Waals surface area contributed by atoms with Crippen molar-refractivity contribution in [1.82, 2.24) is 0 Å². The largest absolute Gasteiger partial charge is 0.490 e. The zero-order chi connectivity index (χ0) is 28.4. The van der Waals surface area contributed by atoms with Crippen LogP contribution in [0, 0.1) is 11.3 Å². The minimum absolute atomic E-state index is 0.172. The first-order valence-electron chi connectivity index (χ1n) is 11.5. The second-order valence-corrected chi connectivity index (χ2v) is 9.03. The minimum Gasteiger partial charge on any atom is -0.490 e. The quantitative estimate of drug-likeness (QED) is 0.167. The minimum atomic E-state index is -0.644. The number of carbonyl (C=O) groups is 3. The van der Waals surface area contributed by atoms with E-state index in [2.05, 4.69) is 31.3 Å². The van der Waals surface area contributed by atoms with Crippen molar-refractivity contribution in [3.8, 4) is 17.6 Å². The molecule has 3 aromatic rings. The van der Waals surface area contributed by atoms with E-state index >= 15 is 0 Å². The Morgan fingerprint density at radius 1 is 1.05 bits per heavy atom. The molecule has 0 radical (unpaired) electrons. The van der Waals surface area contributed by atoms with E-state index in [9.17, 15) is 19.6 Å². The van der Waals surface area contributed by atoms with E-state index in [1.54, 1.807) is 43.3 Å². The molecule has 0 spiro atoms. The molecule has 0 atom stereocenters. The lowest BCUT2D eigenvalue weighted by atomic mass is 10.1. The fourth-order valence-electron chi connectivity index (χ4n) is 3.28. The third-order valence-electron chi connectivity index (χ3n) is 5.07. The molecule has 2 amide bonds. The first-order chi connectivity index (χ1) is 18.7. The van der Waals surface area contributed by atoms with Crippen LogP contribution in [0.25, 0.3) is 6.08 Å². The van der Waals surface area contributed by atoms with Crippen LogP contribution in [0.4, 0.5) is 11.4 Å². The second-order valence-electron chi connectivity index (χ2n) is 7.77. The van der Waals surface area contributed by atoms with Gasteiger partial charge >= 0.3 is 5.97 Å². The van der Waals surface area contributed by atoms with Crippen LogP contribution >= 0.6 is 27.5 Å². The number of methoxy groups -OCH3 is 1. The first-order valence-corrected chi connectivity index (χ1v) is 12.7. The summed E-state index contributed by atoms with van der Waals surface area (Å²) >= 11 is 9.50. The lowest BCUT2D eigenvalue weighted by molar-refractivity contribution is -0.118. The molecule has 0 fully saturated rings. The number of ether oxygens (including phenoxy) is 3. The Labute approximate surface area is 238 Å². The topological polar surface area (TPSA) is 127 Å². The molecule has 3 aromatic carbocycles. The van der Waals surface area contributed by atoms with Crippen molar-refractivity contribution in [2.24, 2.45) is 0 Å². The Hall–Kier alpha value is -4.33. The van der Waals surface area contributed by atoms with Crippen LogP contribution in [0.1, 0.15) is 22.8 Å². The molecule has 0 unspecified atom stereocenters. The fourth-order valence-corrected chi connectivity index (χ4v) is 4.04. The van der Waals surface area contributed by atoms with Crippen molar-refractivity contribution < 1.29 is 28.6 Å². The Morgan fingerprint density at radius 2 is 1.77 bits per heavy atom.